The van der Waals surface area contributed by atoms with E-state index in [1.807, 2.05) is 48.0 Å². The van der Waals surface area contributed by atoms with E-state index in [0.29, 0.717) is 18.7 Å². The first-order valence-electron chi connectivity index (χ1n) is 12.1. The number of hydrogen-bond acceptors (Lipinski definition) is 5. The molecule has 0 saturated carbocycles. The molecular weight excluding hydrogens is 490 g/mol. The summed E-state index contributed by atoms with van der Waals surface area (Å²) < 4.78 is 27.2. The second kappa shape index (κ2) is 13.2. The molecule has 0 aliphatic rings. The summed E-state index contributed by atoms with van der Waals surface area (Å²) in [7, 11) is 0. The highest BCUT2D eigenvalue weighted by atomic mass is 32.1. The van der Waals surface area contributed by atoms with Crippen LogP contribution in [0.1, 0.15) is 47.8 Å². The van der Waals surface area contributed by atoms with Crippen molar-refractivity contribution in [3.05, 3.63) is 107 Å². The van der Waals surface area contributed by atoms with Crippen molar-refractivity contribution in [2.75, 3.05) is 11.4 Å². The molecule has 0 fully saturated rings. The van der Waals surface area contributed by atoms with Crippen LogP contribution in [0.15, 0.2) is 84.4 Å². The quantitative estimate of drug-likeness (QED) is 0.233. The highest BCUT2D eigenvalue weighted by Gasteiger charge is 2.23. The van der Waals surface area contributed by atoms with Gasteiger partial charge in [-0.25, -0.2) is 13.8 Å². The number of aldehydes is 1. The summed E-state index contributed by atoms with van der Waals surface area (Å²) in [5.41, 5.74) is 3.76. The van der Waals surface area contributed by atoms with Crippen molar-refractivity contribution >= 4 is 23.4 Å². The van der Waals surface area contributed by atoms with Crippen LogP contribution in [-0.2, 0) is 18.9 Å². The van der Waals surface area contributed by atoms with Crippen LogP contribution in [0.25, 0.3) is 10.4 Å². The van der Waals surface area contributed by atoms with Crippen LogP contribution in [0.3, 0.4) is 0 Å². The smallest absolute Gasteiger partial charge is 0.270 e. The monoisotopic (exact) mass is 522 g/mol. The van der Waals surface area contributed by atoms with Gasteiger partial charge in [0.25, 0.3) is 5.92 Å². The van der Waals surface area contributed by atoms with Gasteiger partial charge in [-0.3, -0.25) is 4.79 Å². The van der Waals surface area contributed by atoms with Gasteiger partial charge >= 0.3 is 0 Å². The molecule has 4 nitrogen and oxygen atoms in total. The summed E-state index contributed by atoms with van der Waals surface area (Å²) in [5, 5.41) is 10.1. The number of rotatable bonds is 9. The number of aromatic nitrogens is 1. The van der Waals surface area contributed by atoms with Gasteiger partial charge in [-0.15, -0.1) is 11.3 Å². The lowest BCUT2D eigenvalue weighted by Crippen LogP contribution is -2.26. The number of thiophene rings is 1. The summed E-state index contributed by atoms with van der Waals surface area (Å²) in [5.74, 6) is -2.03. The third kappa shape index (κ3) is 8.88. The fourth-order valence-corrected chi connectivity index (χ4v) is 4.30. The van der Waals surface area contributed by atoms with Gasteiger partial charge in [0.05, 0.1) is 0 Å². The van der Waals surface area contributed by atoms with Gasteiger partial charge in [0.2, 0.25) is 0 Å². The first-order chi connectivity index (χ1) is 17.7. The largest absolute Gasteiger partial charge is 0.394 e. The van der Waals surface area contributed by atoms with Crippen LogP contribution in [0, 0.1) is 0 Å². The van der Waals surface area contributed by atoms with Gasteiger partial charge in [-0.2, -0.15) is 0 Å². The van der Waals surface area contributed by atoms with E-state index in [4.69, 9.17) is 10.1 Å². The molecule has 0 bridgehead atoms. The second-order valence-corrected chi connectivity index (χ2v) is 10.0. The molecule has 0 aliphatic heterocycles. The molecule has 0 aliphatic carbocycles. The summed E-state index contributed by atoms with van der Waals surface area (Å²) in [6, 6.07) is 22.1. The van der Waals surface area contributed by atoms with Crippen LogP contribution >= 0.6 is 11.3 Å². The molecule has 0 saturated heterocycles. The topological polar surface area (TPSA) is 53.4 Å². The molecule has 0 unspecified atom stereocenters. The molecular formula is C30H32F2N2O2S. The maximum absolute atomic E-state index is 13.6. The maximum atomic E-state index is 13.6. The van der Waals surface area contributed by atoms with Gasteiger partial charge in [-0.1, -0.05) is 54.6 Å². The Bertz CT molecular complexity index is 1220. The van der Waals surface area contributed by atoms with E-state index in [9.17, 15) is 13.6 Å². The number of carbonyl (C=O) groups is 1. The zero-order chi connectivity index (χ0) is 26.8. The summed E-state index contributed by atoms with van der Waals surface area (Å²) in [4.78, 5) is 18.9. The van der Waals surface area contributed by atoms with Crippen molar-refractivity contribution in [1.82, 2.24) is 4.98 Å². The first-order valence-corrected chi connectivity index (χ1v) is 13.0. The number of halogens is 2. The number of pyridine rings is 1. The Morgan fingerprint density at radius 1 is 1.00 bits per heavy atom. The molecule has 37 heavy (non-hydrogen) atoms. The number of alkyl halides is 2. The number of anilines is 1. The van der Waals surface area contributed by atoms with Crippen molar-refractivity contribution in [2.45, 2.75) is 45.8 Å². The number of nitrogens with zero attached hydrogens (tertiary/aromatic N) is 2. The highest BCUT2D eigenvalue weighted by Crippen LogP contribution is 2.28. The minimum absolute atomic E-state index is 0.00601. The minimum Gasteiger partial charge on any atom is -0.394 e. The predicted octanol–water partition coefficient (Wildman–Crippen LogP) is 7.37. The Hall–Kier alpha value is -3.42. The van der Waals surface area contributed by atoms with Gasteiger partial charge in [-0.05, 0) is 55.0 Å². The van der Waals surface area contributed by atoms with Gasteiger partial charge in [0.15, 0.2) is 0 Å². The number of carbonyl (C=O) groups excluding carboxylic acids is 1. The highest BCUT2D eigenvalue weighted by molar-refractivity contribution is 7.13. The number of benzene rings is 2. The second-order valence-electron chi connectivity index (χ2n) is 9.09. The van der Waals surface area contributed by atoms with Gasteiger partial charge < -0.3 is 10.0 Å². The third-order valence-electron chi connectivity index (χ3n) is 5.50. The van der Waals surface area contributed by atoms with E-state index in [1.54, 1.807) is 37.3 Å². The molecule has 4 rings (SSSR count). The van der Waals surface area contributed by atoms with Crippen molar-refractivity contribution in [1.29, 1.82) is 0 Å². The molecule has 0 atom stereocenters. The van der Waals surface area contributed by atoms with Crippen molar-refractivity contribution < 1.29 is 18.7 Å². The van der Waals surface area contributed by atoms with Crippen molar-refractivity contribution in [3.63, 3.8) is 0 Å². The van der Waals surface area contributed by atoms with Crippen LogP contribution in [0.4, 0.5) is 14.6 Å². The van der Waals surface area contributed by atoms with Gasteiger partial charge in [0.1, 0.15) is 12.1 Å². The molecule has 2 heterocycles. The molecule has 1 N–H and O–H groups in total. The minimum atomic E-state index is -2.86. The van der Waals surface area contributed by atoms with Crippen molar-refractivity contribution in [3.8, 4) is 10.4 Å². The Labute approximate surface area is 221 Å². The maximum Gasteiger partial charge on any atom is 0.270 e. The Morgan fingerprint density at radius 2 is 1.65 bits per heavy atom. The third-order valence-corrected chi connectivity index (χ3v) is 6.42. The summed E-state index contributed by atoms with van der Waals surface area (Å²) in [6.07, 6.45) is 3.30. The molecule has 2 aromatic heterocycles. The Balaban J connectivity index is 0.000000886. The normalized spacial score (nSPS) is 11.1. The molecule has 0 amide bonds. The predicted molar refractivity (Wildman–Crippen MR) is 147 cm³/mol. The molecule has 0 spiro atoms. The van der Waals surface area contributed by atoms with E-state index in [1.165, 1.54) is 12.1 Å². The average Bonchev–Trinajstić information content (AvgIpc) is 3.42. The van der Waals surface area contributed by atoms with E-state index in [-0.39, 0.29) is 11.7 Å². The standard InChI is InChI=1S/C27H24F2N2OS.C3H8O/c1-27(28,29)24-11-8-21(9-12-24)18-31(15-14-20-4-6-22(19-32)7-5-20)26-13-10-23(17-30-26)25-3-2-16-33-25;1-3(2)4/h2-13,16-17,19H,14-15,18H2,1H3;3-4H,1-2H3. The zero-order valence-electron chi connectivity index (χ0n) is 21.3. The summed E-state index contributed by atoms with van der Waals surface area (Å²) in [6.45, 7) is 5.59. The summed E-state index contributed by atoms with van der Waals surface area (Å²) >= 11 is 1.67. The van der Waals surface area contributed by atoms with Gasteiger partial charge in [0, 0.05) is 53.9 Å². The molecule has 4 aromatic rings. The molecule has 194 valence electrons. The lowest BCUT2D eigenvalue weighted by atomic mass is 10.1. The van der Waals surface area contributed by atoms with E-state index >= 15 is 0 Å². The molecule has 7 heteroatoms. The van der Waals surface area contributed by atoms with Crippen LogP contribution in [0.5, 0.6) is 0 Å². The Kier molecular flexibility index (Phi) is 10.1. The fraction of sp³-hybridized carbons (Fsp3) is 0.267. The fourth-order valence-electron chi connectivity index (χ4n) is 3.59. The first kappa shape index (κ1) is 28.2. The molecule has 2 aromatic carbocycles. The van der Waals surface area contributed by atoms with E-state index in [0.717, 1.165) is 47.0 Å². The average molecular weight is 523 g/mol. The lowest BCUT2D eigenvalue weighted by molar-refractivity contribution is 0.0174. The number of aliphatic hydroxyl groups excluding tert-OH is 1. The zero-order valence-corrected chi connectivity index (χ0v) is 22.1. The number of hydrogen-bond donors (Lipinski definition) is 1. The van der Waals surface area contributed by atoms with E-state index in [2.05, 4.69) is 17.0 Å². The Morgan fingerprint density at radius 3 is 2.16 bits per heavy atom. The molecule has 0 radical (unpaired) electrons. The SMILES string of the molecule is CC(C)O.CC(F)(F)c1ccc(CN(CCc2ccc(C=O)cc2)c2ccc(-c3cccs3)cn2)cc1. The lowest BCUT2D eigenvalue weighted by Gasteiger charge is -2.24. The van der Waals surface area contributed by atoms with Crippen LogP contribution in [-0.4, -0.2) is 29.0 Å². The van der Waals surface area contributed by atoms with Crippen LogP contribution in [0.2, 0.25) is 0 Å². The van der Waals surface area contributed by atoms with Crippen molar-refractivity contribution in [2.24, 2.45) is 0 Å². The van der Waals surface area contributed by atoms with E-state index < -0.39 is 5.92 Å². The number of aliphatic hydroxyl groups is 1. The van der Waals surface area contributed by atoms with Crippen LogP contribution < -0.4 is 4.90 Å².